The van der Waals surface area contributed by atoms with Crippen molar-refractivity contribution in [1.82, 2.24) is 15.1 Å². The van der Waals surface area contributed by atoms with Crippen molar-refractivity contribution < 1.29 is 37.3 Å². The number of benzene rings is 2. The molecule has 4 heterocycles. The smallest absolute Gasteiger partial charge is 0.490 e. The lowest BCUT2D eigenvalue weighted by Gasteiger charge is -2.25. The topological polar surface area (TPSA) is 117 Å². The van der Waals surface area contributed by atoms with Crippen molar-refractivity contribution in [3.8, 4) is 5.75 Å². The molecule has 2 aromatic heterocycles. The molecule has 3 aliphatic rings. The number of alkyl halides is 3. The maximum absolute atomic E-state index is 13.0. The molecule has 1 aliphatic carbocycles. The van der Waals surface area contributed by atoms with Gasteiger partial charge in [0.15, 0.2) is 0 Å². The zero-order chi connectivity index (χ0) is 31.1. The molecule has 2 atom stereocenters. The molecule has 1 saturated carbocycles. The van der Waals surface area contributed by atoms with Crippen molar-refractivity contribution in [3.05, 3.63) is 75.1 Å². The van der Waals surface area contributed by atoms with Crippen LogP contribution in [0.3, 0.4) is 0 Å². The number of nitrogens with one attached hydrogen (secondary N) is 2. The molecular weight excluding hydrogens is 597 g/mol. The van der Waals surface area contributed by atoms with Crippen LogP contribution in [0.25, 0.3) is 23.1 Å². The number of thiophene rings is 1. The third kappa shape index (κ3) is 5.82. The predicted octanol–water partition coefficient (Wildman–Crippen LogP) is 5.65. The molecule has 2 unspecified atom stereocenters. The Morgan fingerprint density at radius 2 is 1.98 bits per heavy atom. The van der Waals surface area contributed by atoms with E-state index in [9.17, 15) is 18.0 Å². The highest BCUT2D eigenvalue weighted by Gasteiger charge is 2.65. The molecule has 2 fully saturated rings. The van der Waals surface area contributed by atoms with Gasteiger partial charge in [0, 0.05) is 41.5 Å². The first-order valence-corrected chi connectivity index (χ1v) is 14.8. The zero-order valence-electron chi connectivity index (χ0n) is 23.6. The summed E-state index contributed by atoms with van der Waals surface area (Å²) in [4.78, 5) is 25.7. The molecule has 44 heavy (non-hydrogen) atoms. The number of ether oxygens (including phenoxy) is 2. The second-order valence-corrected chi connectivity index (χ2v) is 11.9. The number of carboxylic acids is 1. The number of methoxy groups -OCH3 is 1. The standard InChI is InChI=1S/C29H28N4O3S.C2HF3O2/c1-35-20-4-7-26-23(14-20)29(28(34)30-26)15-24(29)19-3-5-22-25(31-32-27(22)13-19)6-2-18-12-21(37-17-18)16-33-8-10-36-11-9-33;3-2(4,5)1(6)7/h2-7,12-14,17,24H,8-11,15-16H2,1H3,(H,30,34)(H,31,32);(H,6,7)/b6-2+;. The number of fused-ring (bicyclic) bond motifs is 3. The SMILES string of the molecule is COc1ccc2c(c1)C1(CC1c1ccc3c(/C=C/c4csc(CN5CCOCC5)c4)n[nH]c3c1)C(=O)N2.O=C(O)C(F)(F)F. The van der Waals surface area contributed by atoms with Crippen LogP contribution in [-0.2, 0) is 26.3 Å². The summed E-state index contributed by atoms with van der Waals surface area (Å²) in [6, 6.07) is 14.5. The van der Waals surface area contributed by atoms with Gasteiger partial charge >= 0.3 is 12.1 Å². The maximum Gasteiger partial charge on any atom is 0.490 e. The zero-order valence-corrected chi connectivity index (χ0v) is 24.4. The molecule has 0 bridgehead atoms. The molecule has 1 amide bonds. The number of nitrogens with zero attached hydrogens (tertiary/aromatic N) is 2. The molecule has 9 nitrogen and oxygen atoms in total. The molecule has 1 saturated heterocycles. The Balaban J connectivity index is 0.000000441. The van der Waals surface area contributed by atoms with E-state index in [0.717, 1.165) is 78.4 Å². The predicted molar refractivity (Wildman–Crippen MR) is 160 cm³/mol. The Bertz CT molecular complexity index is 1740. The fraction of sp³-hybridized carbons (Fsp3) is 0.323. The van der Waals surface area contributed by atoms with Crippen LogP contribution in [0.5, 0.6) is 5.75 Å². The summed E-state index contributed by atoms with van der Waals surface area (Å²) in [6.07, 6.45) is -0.0765. The number of rotatable bonds is 6. The lowest BCUT2D eigenvalue weighted by Crippen LogP contribution is -2.35. The number of hydrogen-bond acceptors (Lipinski definition) is 7. The van der Waals surface area contributed by atoms with Gasteiger partial charge in [-0.05, 0) is 64.9 Å². The minimum atomic E-state index is -5.08. The summed E-state index contributed by atoms with van der Waals surface area (Å²) in [5, 5.41) is 21.2. The van der Waals surface area contributed by atoms with Crippen LogP contribution in [0.4, 0.5) is 18.9 Å². The normalized spacial score (nSPS) is 21.3. The van der Waals surface area contributed by atoms with Gasteiger partial charge in [0.1, 0.15) is 5.75 Å². The number of carbonyl (C=O) groups is 2. The largest absolute Gasteiger partial charge is 0.497 e. The Labute approximate surface area is 254 Å². The van der Waals surface area contributed by atoms with Gasteiger partial charge in [-0.3, -0.25) is 14.8 Å². The van der Waals surface area contributed by atoms with Gasteiger partial charge in [0.25, 0.3) is 0 Å². The van der Waals surface area contributed by atoms with Gasteiger partial charge in [-0.1, -0.05) is 18.2 Å². The summed E-state index contributed by atoms with van der Waals surface area (Å²) < 4.78 is 42.6. The molecule has 0 radical (unpaired) electrons. The molecule has 2 aromatic carbocycles. The van der Waals surface area contributed by atoms with Crippen LogP contribution in [-0.4, -0.2) is 71.7 Å². The summed E-state index contributed by atoms with van der Waals surface area (Å²) in [7, 11) is 1.66. The van der Waals surface area contributed by atoms with E-state index < -0.39 is 17.6 Å². The molecule has 13 heteroatoms. The molecule has 1 spiro atoms. The first-order chi connectivity index (χ1) is 21.1. The second-order valence-electron chi connectivity index (χ2n) is 10.9. The number of anilines is 1. The van der Waals surface area contributed by atoms with E-state index in [0.29, 0.717) is 0 Å². The van der Waals surface area contributed by atoms with Crippen LogP contribution >= 0.6 is 11.3 Å². The van der Waals surface area contributed by atoms with Crippen molar-refractivity contribution in [1.29, 1.82) is 0 Å². The van der Waals surface area contributed by atoms with Gasteiger partial charge in [-0.15, -0.1) is 11.3 Å². The Morgan fingerprint density at radius 1 is 1.20 bits per heavy atom. The number of carbonyl (C=O) groups excluding carboxylic acids is 1. The average Bonchev–Trinajstić information content (AvgIpc) is 3.23. The Kier molecular flexibility index (Phi) is 7.95. The van der Waals surface area contributed by atoms with Crippen molar-refractivity contribution in [2.24, 2.45) is 0 Å². The molecule has 230 valence electrons. The lowest BCUT2D eigenvalue weighted by molar-refractivity contribution is -0.192. The van der Waals surface area contributed by atoms with Crippen molar-refractivity contribution in [2.75, 3.05) is 38.7 Å². The van der Waals surface area contributed by atoms with Crippen LogP contribution in [0.15, 0.2) is 47.8 Å². The van der Waals surface area contributed by atoms with E-state index in [1.165, 1.54) is 10.4 Å². The van der Waals surface area contributed by atoms with Crippen molar-refractivity contribution >= 4 is 52.0 Å². The minimum Gasteiger partial charge on any atom is -0.497 e. The first-order valence-electron chi connectivity index (χ1n) is 13.9. The fourth-order valence-electron chi connectivity index (χ4n) is 5.82. The average molecular weight is 627 g/mol. The molecule has 7 rings (SSSR count). The number of aliphatic carboxylic acids is 1. The molecule has 3 N–H and O–H groups in total. The number of hydrogen-bond donors (Lipinski definition) is 3. The highest BCUT2D eigenvalue weighted by molar-refractivity contribution is 7.10. The van der Waals surface area contributed by atoms with Crippen LogP contribution in [0, 0.1) is 0 Å². The van der Waals surface area contributed by atoms with Crippen molar-refractivity contribution in [2.45, 2.75) is 30.5 Å². The number of morpholine rings is 1. The fourth-order valence-corrected chi connectivity index (χ4v) is 6.72. The third-order valence-corrected chi connectivity index (χ3v) is 9.11. The van der Waals surface area contributed by atoms with Gasteiger partial charge < -0.3 is 19.9 Å². The maximum atomic E-state index is 13.0. The van der Waals surface area contributed by atoms with Gasteiger partial charge in [-0.25, -0.2) is 4.79 Å². The van der Waals surface area contributed by atoms with Gasteiger partial charge in [0.2, 0.25) is 5.91 Å². The second kappa shape index (κ2) is 11.7. The number of H-pyrrole nitrogens is 1. The van der Waals surface area contributed by atoms with Gasteiger partial charge in [-0.2, -0.15) is 18.3 Å². The van der Waals surface area contributed by atoms with E-state index in [2.05, 4.69) is 62.2 Å². The highest BCUT2D eigenvalue weighted by Crippen LogP contribution is 2.65. The van der Waals surface area contributed by atoms with E-state index in [1.807, 2.05) is 18.2 Å². The number of amides is 1. The van der Waals surface area contributed by atoms with Crippen molar-refractivity contribution in [3.63, 3.8) is 0 Å². The van der Waals surface area contributed by atoms with E-state index in [1.54, 1.807) is 18.4 Å². The monoisotopic (exact) mass is 626 g/mol. The molecule has 2 aliphatic heterocycles. The van der Waals surface area contributed by atoms with E-state index >= 15 is 0 Å². The van der Waals surface area contributed by atoms with Crippen LogP contribution < -0.4 is 10.1 Å². The molecular formula is C31H29F3N4O5S. The molecule has 4 aromatic rings. The number of carboxylic acid groups (broad SMARTS) is 1. The number of aromatic nitrogens is 2. The van der Waals surface area contributed by atoms with Gasteiger partial charge in [0.05, 0.1) is 36.9 Å². The van der Waals surface area contributed by atoms with E-state index in [4.69, 9.17) is 19.4 Å². The highest BCUT2D eigenvalue weighted by atomic mass is 32.1. The number of aromatic amines is 1. The minimum absolute atomic E-state index is 0.0813. The lowest BCUT2D eigenvalue weighted by atomic mass is 9.91. The Hall–Kier alpha value is -4.20. The number of halogens is 3. The Morgan fingerprint density at radius 3 is 2.70 bits per heavy atom. The summed E-state index contributed by atoms with van der Waals surface area (Å²) in [5.41, 5.74) is 5.69. The quantitative estimate of drug-likeness (QED) is 0.254. The van der Waals surface area contributed by atoms with E-state index in [-0.39, 0.29) is 11.8 Å². The third-order valence-electron chi connectivity index (χ3n) is 8.17. The summed E-state index contributed by atoms with van der Waals surface area (Å²) in [5.74, 6) is -1.76. The summed E-state index contributed by atoms with van der Waals surface area (Å²) in [6.45, 7) is 4.62. The summed E-state index contributed by atoms with van der Waals surface area (Å²) >= 11 is 1.80. The first kappa shape index (κ1) is 29.9. The van der Waals surface area contributed by atoms with Crippen LogP contribution in [0.1, 0.15) is 39.6 Å². The van der Waals surface area contributed by atoms with Crippen LogP contribution in [0.2, 0.25) is 0 Å².